The van der Waals surface area contributed by atoms with Crippen LogP contribution in [0.25, 0.3) is 10.9 Å². The van der Waals surface area contributed by atoms with Gasteiger partial charge < -0.3 is 10.7 Å². The van der Waals surface area contributed by atoms with E-state index in [1.165, 1.54) is 0 Å². The first-order valence-corrected chi connectivity index (χ1v) is 3.93. The van der Waals surface area contributed by atoms with Crippen LogP contribution in [-0.2, 0) is 0 Å². The van der Waals surface area contributed by atoms with Crippen molar-refractivity contribution in [3.8, 4) is 0 Å². The van der Waals surface area contributed by atoms with Gasteiger partial charge in [-0.3, -0.25) is 0 Å². The Hall–Kier alpha value is -1.84. The minimum absolute atomic E-state index is 0.337. The summed E-state index contributed by atoms with van der Waals surface area (Å²) in [5.74, 6) is 0. The zero-order valence-corrected chi connectivity index (χ0v) is 7.16. The Morgan fingerprint density at radius 3 is 3.00 bits per heavy atom. The van der Waals surface area contributed by atoms with E-state index in [0.29, 0.717) is 11.2 Å². The molecule has 0 spiro atoms. The molecule has 0 fully saturated rings. The van der Waals surface area contributed by atoms with Crippen LogP contribution in [0.15, 0.2) is 23.0 Å². The van der Waals surface area contributed by atoms with Gasteiger partial charge in [0.15, 0.2) is 0 Å². The number of hydrogen-bond acceptors (Lipinski definition) is 3. The zero-order valence-electron chi connectivity index (χ0n) is 7.16. The fourth-order valence-electron chi connectivity index (χ4n) is 1.42. The quantitative estimate of drug-likeness (QED) is 0.582. The first-order chi connectivity index (χ1) is 6.18. The molecule has 0 aliphatic rings. The zero-order chi connectivity index (χ0) is 9.42. The lowest BCUT2D eigenvalue weighted by Crippen LogP contribution is -2.12. The van der Waals surface area contributed by atoms with Gasteiger partial charge in [-0.15, -0.1) is 0 Å². The van der Waals surface area contributed by atoms with E-state index < -0.39 is 0 Å². The maximum Gasteiger partial charge on any atom is 0.345 e. The summed E-state index contributed by atoms with van der Waals surface area (Å²) >= 11 is 0. The van der Waals surface area contributed by atoms with Crippen LogP contribution >= 0.6 is 0 Å². The second-order valence-corrected chi connectivity index (χ2v) is 2.91. The molecular formula is C9H9N3O. The van der Waals surface area contributed by atoms with Gasteiger partial charge in [0.05, 0.1) is 5.52 Å². The molecule has 0 aliphatic heterocycles. The number of H-pyrrole nitrogens is 1. The van der Waals surface area contributed by atoms with Gasteiger partial charge in [0.25, 0.3) is 0 Å². The van der Waals surface area contributed by atoms with Crippen LogP contribution in [0.2, 0.25) is 0 Å². The molecule has 0 amide bonds. The summed E-state index contributed by atoms with van der Waals surface area (Å²) in [6.07, 6.45) is 0. The number of anilines is 1. The molecule has 4 heteroatoms. The number of rotatable bonds is 0. The fourth-order valence-corrected chi connectivity index (χ4v) is 1.42. The van der Waals surface area contributed by atoms with Crippen LogP contribution in [0.4, 0.5) is 5.69 Å². The van der Waals surface area contributed by atoms with Gasteiger partial charge in [-0.05, 0) is 19.1 Å². The van der Waals surface area contributed by atoms with E-state index >= 15 is 0 Å². The standard InChI is InChI=1S/C9H9N3O/c1-5-8-6(10)3-2-4-7(8)12-9(13)11-5/h2-4H,10H2,1H3,(H,11,12,13). The highest BCUT2D eigenvalue weighted by Gasteiger charge is 2.02. The maximum atomic E-state index is 11.0. The van der Waals surface area contributed by atoms with E-state index in [0.717, 1.165) is 11.1 Å². The number of hydrogen-bond donors (Lipinski definition) is 2. The Bertz CT molecular complexity index is 516. The van der Waals surface area contributed by atoms with E-state index in [1.807, 2.05) is 6.92 Å². The van der Waals surface area contributed by atoms with Crippen molar-refractivity contribution in [2.45, 2.75) is 6.92 Å². The molecule has 2 aromatic rings. The second-order valence-electron chi connectivity index (χ2n) is 2.91. The van der Waals surface area contributed by atoms with Crippen LogP contribution in [0.1, 0.15) is 5.69 Å². The Kier molecular flexibility index (Phi) is 1.55. The van der Waals surface area contributed by atoms with Gasteiger partial charge in [-0.1, -0.05) is 6.07 Å². The predicted molar refractivity (Wildman–Crippen MR) is 51.5 cm³/mol. The summed E-state index contributed by atoms with van der Waals surface area (Å²) in [6.45, 7) is 1.81. The Morgan fingerprint density at radius 1 is 1.46 bits per heavy atom. The Morgan fingerprint density at radius 2 is 2.23 bits per heavy atom. The van der Waals surface area contributed by atoms with Gasteiger partial charge in [0.2, 0.25) is 0 Å². The lowest BCUT2D eigenvalue weighted by Gasteiger charge is -2.02. The van der Waals surface area contributed by atoms with Crippen molar-refractivity contribution in [3.63, 3.8) is 0 Å². The Balaban J connectivity index is 3.03. The summed E-state index contributed by atoms with van der Waals surface area (Å²) in [4.78, 5) is 17.4. The number of aryl methyl sites for hydroxylation is 1. The number of nitrogens with zero attached hydrogens (tertiary/aromatic N) is 1. The van der Waals surface area contributed by atoms with Crippen LogP contribution in [0, 0.1) is 6.92 Å². The van der Waals surface area contributed by atoms with Crippen LogP contribution in [0.3, 0.4) is 0 Å². The van der Waals surface area contributed by atoms with Crippen molar-refractivity contribution in [2.75, 3.05) is 5.73 Å². The molecule has 66 valence electrons. The summed E-state index contributed by atoms with van der Waals surface area (Å²) < 4.78 is 0. The van der Waals surface area contributed by atoms with Crippen molar-refractivity contribution in [2.24, 2.45) is 0 Å². The molecule has 0 atom stereocenters. The molecule has 1 heterocycles. The average Bonchev–Trinajstić information content (AvgIpc) is 2.02. The van der Waals surface area contributed by atoms with E-state index in [1.54, 1.807) is 18.2 Å². The van der Waals surface area contributed by atoms with Crippen molar-refractivity contribution < 1.29 is 0 Å². The maximum absolute atomic E-state index is 11.0. The lowest BCUT2D eigenvalue weighted by atomic mass is 10.1. The number of aromatic nitrogens is 2. The first-order valence-electron chi connectivity index (χ1n) is 3.93. The number of fused-ring (bicyclic) bond motifs is 1. The number of nitrogens with one attached hydrogen (secondary N) is 1. The van der Waals surface area contributed by atoms with Crippen LogP contribution in [0.5, 0.6) is 0 Å². The highest BCUT2D eigenvalue weighted by atomic mass is 16.1. The molecule has 1 aromatic carbocycles. The highest BCUT2D eigenvalue weighted by molar-refractivity contribution is 5.91. The molecule has 13 heavy (non-hydrogen) atoms. The second kappa shape index (κ2) is 2.58. The van der Waals surface area contributed by atoms with Crippen LogP contribution in [-0.4, -0.2) is 9.97 Å². The smallest absolute Gasteiger partial charge is 0.345 e. The van der Waals surface area contributed by atoms with Gasteiger partial charge in [0, 0.05) is 16.8 Å². The third-order valence-corrected chi connectivity index (χ3v) is 1.97. The average molecular weight is 175 g/mol. The number of aromatic amines is 1. The van der Waals surface area contributed by atoms with Gasteiger partial charge >= 0.3 is 5.69 Å². The third kappa shape index (κ3) is 1.16. The van der Waals surface area contributed by atoms with Crippen molar-refractivity contribution in [1.29, 1.82) is 0 Å². The topological polar surface area (TPSA) is 71.8 Å². The summed E-state index contributed by atoms with van der Waals surface area (Å²) in [7, 11) is 0. The monoisotopic (exact) mass is 175 g/mol. The van der Waals surface area contributed by atoms with Crippen molar-refractivity contribution in [3.05, 3.63) is 34.4 Å². The van der Waals surface area contributed by atoms with E-state index in [9.17, 15) is 4.79 Å². The number of nitrogen functional groups attached to an aromatic ring is 1. The molecule has 0 saturated heterocycles. The molecule has 0 saturated carbocycles. The molecule has 0 bridgehead atoms. The SMILES string of the molecule is Cc1[nH]c(=O)nc2cccc(N)c12. The fraction of sp³-hybridized carbons (Fsp3) is 0.111. The molecule has 4 nitrogen and oxygen atoms in total. The lowest BCUT2D eigenvalue weighted by molar-refractivity contribution is 1.07. The minimum Gasteiger partial charge on any atom is -0.398 e. The number of benzene rings is 1. The summed E-state index contributed by atoms with van der Waals surface area (Å²) in [5.41, 5.74) is 7.44. The molecule has 0 radical (unpaired) electrons. The van der Waals surface area contributed by atoms with E-state index in [2.05, 4.69) is 9.97 Å². The summed E-state index contributed by atoms with van der Waals surface area (Å²) in [5, 5.41) is 0.821. The normalized spacial score (nSPS) is 10.5. The third-order valence-electron chi connectivity index (χ3n) is 1.97. The van der Waals surface area contributed by atoms with Gasteiger partial charge in [-0.25, -0.2) is 4.79 Å². The van der Waals surface area contributed by atoms with Crippen LogP contribution < -0.4 is 11.4 Å². The molecule has 2 rings (SSSR count). The molecule has 0 aliphatic carbocycles. The molecule has 1 aromatic heterocycles. The van der Waals surface area contributed by atoms with Crippen molar-refractivity contribution in [1.82, 2.24) is 9.97 Å². The largest absolute Gasteiger partial charge is 0.398 e. The minimum atomic E-state index is -0.337. The predicted octanol–water partition coefficient (Wildman–Crippen LogP) is 0.814. The molecule has 0 unspecified atom stereocenters. The van der Waals surface area contributed by atoms with Gasteiger partial charge in [-0.2, -0.15) is 4.98 Å². The van der Waals surface area contributed by atoms with Crippen molar-refractivity contribution >= 4 is 16.6 Å². The molecular weight excluding hydrogens is 166 g/mol. The highest BCUT2D eigenvalue weighted by Crippen LogP contribution is 2.19. The number of nitrogens with two attached hydrogens (primary N) is 1. The first kappa shape index (κ1) is 7.79. The summed E-state index contributed by atoms with van der Waals surface area (Å²) in [6, 6.07) is 5.34. The van der Waals surface area contributed by atoms with E-state index in [4.69, 9.17) is 5.73 Å². The van der Waals surface area contributed by atoms with E-state index in [-0.39, 0.29) is 5.69 Å². The molecule has 3 N–H and O–H groups in total. The van der Waals surface area contributed by atoms with Gasteiger partial charge in [0.1, 0.15) is 0 Å². The Labute approximate surface area is 74.4 Å².